The van der Waals surface area contributed by atoms with E-state index in [-0.39, 0.29) is 6.61 Å². The zero-order valence-electron chi connectivity index (χ0n) is 9.33. The lowest BCUT2D eigenvalue weighted by atomic mass is 10.3. The van der Waals surface area contributed by atoms with Crippen LogP contribution >= 0.6 is 0 Å². The molecule has 90 valence electrons. The Morgan fingerprint density at radius 1 is 1.31 bits per heavy atom. The number of unbranched alkanes of at least 4 members (excludes halogenated alkanes) is 2. The molecule has 1 N–H and O–H groups in total. The van der Waals surface area contributed by atoms with Crippen LogP contribution in [0.4, 0.5) is 0 Å². The van der Waals surface area contributed by atoms with Gasteiger partial charge in [0.05, 0.1) is 6.61 Å². The molecule has 0 aliphatic rings. The lowest BCUT2D eigenvalue weighted by Gasteiger charge is -1.94. The molecule has 0 unspecified atom stereocenters. The predicted molar refractivity (Wildman–Crippen MR) is 60.6 cm³/mol. The zero-order valence-corrected chi connectivity index (χ0v) is 9.33. The van der Waals surface area contributed by atoms with E-state index in [1.165, 1.54) is 0 Å². The van der Waals surface area contributed by atoms with Crippen LogP contribution in [0.25, 0.3) is 0 Å². The third-order valence-corrected chi connectivity index (χ3v) is 1.70. The molecular weight excluding hydrogens is 210 g/mol. The van der Waals surface area contributed by atoms with Gasteiger partial charge in [0.2, 0.25) is 0 Å². The lowest BCUT2D eigenvalue weighted by Crippen LogP contribution is -2.01. The number of hydrogen-bond donors (Lipinski definition) is 1. The Hall–Kier alpha value is -1.78. The minimum Gasteiger partial charge on any atom is -0.508 e. The summed E-state index contributed by atoms with van der Waals surface area (Å²) in [5.74, 6) is 0.322. The molecule has 0 saturated heterocycles. The highest BCUT2D eigenvalue weighted by Gasteiger charge is 1.91. The maximum Gasteiger partial charge on any atom is 0.294 e. The van der Waals surface area contributed by atoms with Gasteiger partial charge in [-0.05, 0) is 18.6 Å². The van der Waals surface area contributed by atoms with Gasteiger partial charge in [-0.3, -0.25) is 0 Å². The van der Waals surface area contributed by atoms with Crippen LogP contribution in [0.2, 0.25) is 0 Å². The van der Waals surface area contributed by atoms with Crippen molar-refractivity contribution in [2.75, 3.05) is 6.61 Å². The number of hydrogen-bond acceptors (Lipinski definition) is 4. The fourth-order valence-electron chi connectivity index (χ4n) is 0.919. The summed E-state index contributed by atoms with van der Waals surface area (Å²) in [5, 5.41) is 17.4. The maximum atomic E-state index is 9.55. The first kappa shape index (κ1) is 14.2. The van der Waals surface area contributed by atoms with Crippen molar-refractivity contribution >= 4 is 0 Å². The second-order valence-corrected chi connectivity index (χ2v) is 3.10. The van der Waals surface area contributed by atoms with Gasteiger partial charge in [-0.1, -0.05) is 38.0 Å². The van der Waals surface area contributed by atoms with E-state index in [0.29, 0.717) is 5.75 Å². The molecule has 0 amide bonds. The van der Waals surface area contributed by atoms with Gasteiger partial charge in [-0.25, -0.2) is 0 Å². The smallest absolute Gasteiger partial charge is 0.294 e. The van der Waals surface area contributed by atoms with Gasteiger partial charge >= 0.3 is 0 Å². The Morgan fingerprint density at radius 2 is 1.94 bits per heavy atom. The average molecular weight is 227 g/mol. The van der Waals surface area contributed by atoms with Crippen LogP contribution in [0.3, 0.4) is 0 Å². The number of para-hydroxylation sites is 1. The van der Waals surface area contributed by atoms with Crippen LogP contribution in [0.1, 0.15) is 26.2 Å². The predicted octanol–water partition coefficient (Wildman–Crippen LogP) is 2.78. The van der Waals surface area contributed by atoms with Gasteiger partial charge in [0.15, 0.2) is 0 Å². The summed E-state index contributed by atoms with van der Waals surface area (Å²) in [6.07, 6.45) is 2.83. The molecular formula is C11H17NO4. The quantitative estimate of drug-likeness (QED) is 0.477. The summed E-state index contributed by atoms with van der Waals surface area (Å²) in [5.41, 5.74) is 0. The Kier molecular flexibility index (Phi) is 8.68. The van der Waals surface area contributed by atoms with Crippen molar-refractivity contribution in [3.8, 4) is 5.75 Å². The van der Waals surface area contributed by atoms with Crippen LogP contribution in [0.5, 0.6) is 5.75 Å². The molecule has 0 saturated carbocycles. The van der Waals surface area contributed by atoms with Gasteiger partial charge in [-0.2, -0.15) is 0 Å². The molecule has 0 aromatic heterocycles. The lowest BCUT2D eigenvalue weighted by molar-refractivity contribution is -0.757. The Bertz CT molecular complexity index is 277. The highest BCUT2D eigenvalue weighted by molar-refractivity contribution is 5.18. The molecule has 0 fully saturated rings. The van der Waals surface area contributed by atoms with Gasteiger partial charge in [0.1, 0.15) is 5.75 Å². The first-order chi connectivity index (χ1) is 7.66. The summed E-state index contributed by atoms with van der Waals surface area (Å²) >= 11 is 0. The third kappa shape index (κ3) is 10.3. The first-order valence-corrected chi connectivity index (χ1v) is 5.18. The van der Waals surface area contributed by atoms with Crippen molar-refractivity contribution in [2.24, 2.45) is 0 Å². The monoisotopic (exact) mass is 227 g/mol. The first-order valence-electron chi connectivity index (χ1n) is 5.18. The van der Waals surface area contributed by atoms with E-state index >= 15 is 0 Å². The summed E-state index contributed by atoms with van der Waals surface area (Å²) in [7, 11) is 0. The molecule has 1 aromatic carbocycles. The van der Waals surface area contributed by atoms with Gasteiger partial charge in [0.25, 0.3) is 5.09 Å². The second-order valence-electron chi connectivity index (χ2n) is 3.10. The van der Waals surface area contributed by atoms with E-state index in [1.807, 2.05) is 13.0 Å². The van der Waals surface area contributed by atoms with Crippen LogP contribution < -0.4 is 0 Å². The van der Waals surface area contributed by atoms with Gasteiger partial charge in [0, 0.05) is 0 Å². The molecule has 16 heavy (non-hydrogen) atoms. The number of rotatable bonds is 5. The van der Waals surface area contributed by atoms with Crippen LogP contribution in [-0.2, 0) is 4.84 Å². The number of phenolic OH excluding ortho intramolecular Hbond substituents is 1. The van der Waals surface area contributed by atoms with E-state index < -0.39 is 5.09 Å². The summed E-state index contributed by atoms with van der Waals surface area (Å²) in [4.78, 5) is 13.6. The van der Waals surface area contributed by atoms with Crippen molar-refractivity contribution in [3.63, 3.8) is 0 Å². The molecule has 0 bridgehead atoms. The summed E-state index contributed by atoms with van der Waals surface area (Å²) in [6.45, 7) is 2.27. The molecule has 5 nitrogen and oxygen atoms in total. The number of aromatic hydroxyl groups is 1. The zero-order chi connectivity index (χ0) is 12.2. The Balaban J connectivity index is 0.000000288. The number of nitrogens with zero attached hydrogens (tertiary/aromatic N) is 1. The molecule has 5 heteroatoms. The van der Waals surface area contributed by atoms with Crippen molar-refractivity contribution in [2.45, 2.75) is 26.2 Å². The van der Waals surface area contributed by atoms with Crippen molar-refractivity contribution in [1.29, 1.82) is 0 Å². The van der Waals surface area contributed by atoms with E-state index in [4.69, 9.17) is 5.11 Å². The Morgan fingerprint density at radius 3 is 2.31 bits per heavy atom. The Labute approximate surface area is 94.8 Å². The van der Waals surface area contributed by atoms with E-state index in [1.54, 1.807) is 24.3 Å². The second kappa shape index (κ2) is 9.76. The van der Waals surface area contributed by atoms with Gasteiger partial charge < -0.3 is 9.94 Å². The standard InChI is InChI=1S/C6H6O.C5H11NO3/c7-6-4-2-1-3-5-6;1-2-3-4-5-9-6(7)8/h1-5,7H;2-5H2,1H3. The SMILES string of the molecule is CCCCCO[N+](=O)[O-].Oc1ccccc1. The fraction of sp³-hybridized carbons (Fsp3) is 0.455. The van der Waals surface area contributed by atoms with Crippen molar-refractivity contribution in [1.82, 2.24) is 0 Å². The molecule has 0 heterocycles. The minimum atomic E-state index is -0.754. The highest BCUT2D eigenvalue weighted by Crippen LogP contribution is 2.02. The largest absolute Gasteiger partial charge is 0.508 e. The molecule has 0 atom stereocenters. The maximum absolute atomic E-state index is 9.55. The molecule has 0 spiro atoms. The van der Waals surface area contributed by atoms with Crippen LogP contribution in [-0.4, -0.2) is 16.8 Å². The van der Waals surface area contributed by atoms with Crippen LogP contribution in [0, 0.1) is 10.1 Å². The molecule has 0 aliphatic carbocycles. The molecule has 1 rings (SSSR count). The van der Waals surface area contributed by atoms with Gasteiger partial charge in [-0.15, -0.1) is 10.1 Å². The topological polar surface area (TPSA) is 72.6 Å². The highest BCUT2D eigenvalue weighted by atomic mass is 16.9. The normalized spacial score (nSPS) is 8.81. The molecule has 0 radical (unpaired) electrons. The average Bonchev–Trinajstić information content (AvgIpc) is 2.26. The third-order valence-electron chi connectivity index (χ3n) is 1.70. The number of phenols is 1. The molecule has 1 aromatic rings. The van der Waals surface area contributed by atoms with Crippen LogP contribution in [0.15, 0.2) is 30.3 Å². The molecule has 0 aliphatic heterocycles. The van der Waals surface area contributed by atoms with E-state index in [9.17, 15) is 10.1 Å². The van der Waals surface area contributed by atoms with E-state index in [2.05, 4.69) is 4.84 Å². The summed E-state index contributed by atoms with van der Waals surface area (Å²) < 4.78 is 0. The van der Waals surface area contributed by atoms with Crippen molar-refractivity contribution < 1.29 is 15.0 Å². The minimum absolute atomic E-state index is 0.237. The summed E-state index contributed by atoms with van der Waals surface area (Å²) in [6, 6.07) is 8.71. The fourth-order valence-corrected chi connectivity index (χ4v) is 0.919. The number of benzene rings is 1. The van der Waals surface area contributed by atoms with Crippen molar-refractivity contribution in [3.05, 3.63) is 40.4 Å². The van der Waals surface area contributed by atoms with E-state index in [0.717, 1.165) is 19.3 Å².